The summed E-state index contributed by atoms with van der Waals surface area (Å²) in [5.41, 5.74) is 9.50. The molecule has 6 aromatic rings. The van der Waals surface area contributed by atoms with Gasteiger partial charge in [0.05, 0.1) is 40.2 Å². The third-order valence-electron chi connectivity index (χ3n) is 9.15. The highest BCUT2D eigenvalue weighted by Crippen LogP contribution is 2.58. The van der Waals surface area contributed by atoms with E-state index in [0.717, 1.165) is 62.8 Å². The summed E-state index contributed by atoms with van der Waals surface area (Å²) in [6.45, 7) is 0. The number of benzene rings is 3. The molecule has 7 heteroatoms. The Balaban J connectivity index is 1.52. The number of aromatic nitrogens is 3. The standard InChI is InChI=1S/C33H25N5O2/c1-34(2)18-14-24-25-15-19(35(3)4)17-29-38(25)33-30-23(10-7-11-26(30)39-28(16-18)37(24)33)36-22-9-6-5-8-20(22)21-12-13-27(40-29)31(33)32(21)36/h5-17H,1-4H3/q+2. The molecule has 0 saturated heterocycles. The predicted molar refractivity (Wildman–Crippen MR) is 153 cm³/mol. The molecule has 0 saturated carbocycles. The van der Waals surface area contributed by atoms with Crippen molar-refractivity contribution in [1.82, 2.24) is 4.57 Å². The number of hydrogen-bond donors (Lipinski definition) is 0. The van der Waals surface area contributed by atoms with E-state index in [9.17, 15) is 0 Å². The number of rotatable bonds is 2. The average Bonchev–Trinajstić information content (AvgIpc) is 3.45. The van der Waals surface area contributed by atoms with Gasteiger partial charge >= 0.3 is 17.4 Å². The quantitative estimate of drug-likeness (QED) is 0.289. The molecule has 192 valence electrons. The minimum absolute atomic E-state index is 0.688. The third kappa shape index (κ3) is 2.02. The zero-order valence-electron chi connectivity index (χ0n) is 22.6. The normalized spacial score (nSPS) is 17.5. The molecular formula is C33H25N5O2+2. The van der Waals surface area contributed by atoms with E-state index in [1.807, 2.05) is 0 Å². The molecule has 0 N–H and O–H groups in total. The van der Waals surface area contributed by atoms with E-state index in [1.165, 1.54) is 21.8 Å². The van der Waals surface area contributed by atoms with Crippen molar-refractivity contribution in [2.24, 2.45) is 0 Å². The van der Waals surface area contributed by atoms with Gasteiger partial charge in [0.1, 0.15) is 0 Å². The lowest BCUT2D eigenvalue weighted by Gasteiger charge is -2.36. The van der Waals surface area contributed by atoms with E-state index in [1.54, 1.807) is 0 Å². The van der Waals surface area contributed by atoms with Gasteiger partial charge in [0.15, 0.2) is 22.6 Å². The lowest BCUT2D eigenvalue weighted by Crippen LogP contribution is -2.74. The van der Waals surface area contributed by atoms with Crippen LogP contribution in [0.5, 0.6) is 23.3 Å². The highest BCUT2D eigenvalue weighted by atomic mass is 16.5. The molecule has 1 atom stereocenters. The molecule has 3 aromatic heterocycles. The Morgan fingerprint density at radius 2 is 1.30 bits per heavy atom. The zero-order valence-corrected chi connectivity index (χ0v) is 22.6. The zero-order chi connectivity index (χ0) is 26.7. The van der Waals surface area contributed by atoms with E-state index in [0.29, 0.717) is 0 Å². The molecule has 10 rings (SSSR count). The largest absolute Gasteiger partial charge is 0.433 e. The number of nitrogens with zero attached hydrogens (tertiary/aromatic N) is 5. The molecule has 0 amide bonds. The Labute approximate surface area is 230 Å². The molecule has 4 aliphatic rings. The maximum absolute atomic E-state index is 6.86. The van der Waals surface area contributed by atoms with Gasteiger partial charge in [-0.15, -0.1) is 0 Å². The van der Waals surface area contributed by atoms with Crippen LogP contribution in [0.25, 0.3) is 38.9 Å². The van der Waals surface area contributed by atoms with Gasteiger partial charge in [0.2, 0.25) is 0 Å². The minimum atomic E-state index is -0.688. The number of pyridine rings is 2. The summed E-state index contributed by atoms with van der Waals surface area (Å²) >= 11 is 0. The van der Waals surface area contributed by atoms with Crippen LogP contribution in [0.4, 0.5) is 11.4 Å². The molecule has 7 nitrogen and oxygen atoms in total. The first-order valence-electron chi connectivity index (χ1n) is 13.6. The highest BCUT2D eigenvalue weighted by Gasteiger charge is 2.74. The fourth-order valence-electron chi connectivity index (χ4n) is 7.57. The van der Waals surface area contributed by atoms with Gasteiger partial charge in [0.25, 0.3) is 11.4 Å². The van der Waals surface area contributed by atoms with Crippen molar-refractivity contribution >= 4 is 33.2 Å². The number of anilines is 2. The molecule has 0 aliphatic carbocycles. The number of fused-ring (bicyclic) bond motifs is 5. The Morgan fingerprint density at radius 1 is 0.650 bits per heavy atom. The Hall–Kier alpha value is -5.04. The van der Waals surface area contributed by atoms with Crippen molar-refractivity contribution in [3.63, 3.8) is 0 Å². The summed E-state index contributed by atoms with van der Waals surface area (Å²) in [7, 11) is 8.31. The number of ether oxygens (including phenoxy) is 2. The molecule has 40 heavy (non-hydrogen) atoms. The summed E-state index contributed by atoms with van der Waals surface area (Å²) in [4.78, 5) is 4.28. The van der Waals surface area contributed by atoms with Gasteiger partial charge in [-0.1, -0.05) is 33.4 Å². The summed E-state index contributed by atoms with van der Waals surface area (Å²) in [5.74, 6) is 3.39. The SMILES string of the molecule is CN(C)c1cc2[n+]3c(c1)-c1cc(N(C)C)cc4[n+]1C31c3c(cccc3-n3c5ccccc5c5ccc(c1c53)O4)O2. The molecule has 0 radical (unpaired) electrons. The van der Waals surface area contributed by atoms with Crippen LogP contribution in [-0.4, -0.2) is 32.8 Å². The van der Waals surface area contributed by atoms with Crippen molar-refractivity contribution in [2.75, 3.05) is 38.0 Å². The maximum Gasteiger partial charge on any atom is 0.433 e. The molecule has 3 aromatic carbocycles. The van der Waals surface area contributed by atoms with E-state index in [-0.39, 0.29) is 0 Å². The van der Waals surface area contributed by atoms with Crippen LogP contribution >= 0.6 is 0 Å². The van der Waals surface area contributed by atoms with Crippen LogP contribution in [-0.2, 0) is 5.66 Å². The second kappa shape index (κ2) is 6.39. The van der Waals surface area contributed by atoms with Crippen molar-refractivity contribution in [2.45, 2.75) is 5.66 Å². The monoisotopic (exact) mass is 523 g/mol. The Kier molecular flexibility index (Phi) is 3.34. The maximum atomic E-state index is 6.86. The molecule has 0 bridgehead atoms. The third-order valence-corrected chi connectivity index (χ3v) is 9.15. The van der Waals surface area contributed by atoms with Crippen LogP contribution in [0.3, 0.4) is 0 Å². The van der Waals surface area contributed by atoms with Gasteiger partial charge in [-0.25, -0.2) is 0 Å². The number of para-hydroxylation sites is 1. The fraction of sp³-hybridized carbons (Fsp3) is 0.152. The molecule has 1 unspecified atom stereocenters. The van der Waals surface area contributed by atoms with Crippen molar-refractivity contribution in [3.8, 4) is 40.3 Å². The van der Waals surface area contributed by atoms with Crippen molar-refractivity contribution < 1.29 is 18.6 Å². The predicted octanol–water partition coefficient (Wildman–Crippen LogP) is 5.29. The van der Waals surface area contributed by atoms with Crippen molar-refractivity contribution in [1.29, 1.82) is 0 Å². The Morgan fingerprint density at radius 3 is 1.98 bits per heavy atom. The molecule has 1 spiro atoms. The van der Waals surface area contributed by atoms with Gasteiger partial charge in [-0.2, -0.15) is 0 Å². The fourth-order valence-corrected chi connectivity index (χ4v) is 7.57. The van der Waals surface area contributed by atoms with Crippen LogP contribution in [0.2, 0.25) is 0 Å². The van der Waals surface area contributed by atoms with Crippen LogP contribution in [0, 0.1) is 0 Å². The van der Waals surface area contributed by atoms with Crippen LogP contribution in [0.15, 0.2) is 78.9 Å². The van der Waals surface area contributed by atoms with Gasteiger partial charge in [-0.3, -0.25) is 0 Å². The van der Waals surface area contributed by atoms with E-state index in [2.05, 4.69) is 131 Å². The second-order valence-electron chi connectivity index (χ2n) is 11.5. The number of hydrogen-bond acceptors (Lipinski definition) is 4. The van der Waals surface area contributed by atoms with Crippen LogP contribution < -0.4 is 28.4 Å². The van der Waals surface area contributed by atoms with Crippen LogP contribution in [0.1, 0.15) is 11.1 Å². The molecular weight excluding hydrogens is 498 g/mol. The van der Waals surface area contributed by atoms with E-state index >= 15 is 0 Å². The summed E-state index contributed by atoms with van der Waals surface area (Å²) < 4.78 is 20.9. The first-order valence-corrected chi connectivity index (χ1v) is 13.6. The average molecular weight is 524 g/mol. The topological polar surface area (TPSA) is 37.6 Å². The molecule has 0 fully saturated rings. The second-order valence-corrected chi connectivity index (χ2v) is 11.5. The van der Waals surface area contributed by atoms with E-state index < -0.39 is 5.66 Å². The lowest BCUT2D eigenvalue weighted by atomic mass is 9.82. The first kappa shape index (κ1) is 20.9. The van der Waals surface area contributed by atoms with Crippen molar-refractivity contribution in [3.05, 3.63) is 90.0 Å². The summed E-state index contributed by atoms with van der Waals surface area (Å²) in [5, 5.41) is 2.46. The lowest BCUT2D eigenvalue weighted by molar-refractivity contribution is -0.943. The molecule has 4 aliphatic heterocycles. The first-order chi connectivity index (χ1) is 19.5. The van der Waals surface area contributed by atoms with Gasteiger partial charge < -0.3 is 23.8 Å². The summed E-state index contributed by atoms with van der Waals surface area (Å²) in [6.07, 6.45) is 0. The molecule has 7 heterocycles. The highest BCUT2D eigenvalue weighted by molar-refractivity contribution is 6.12. The smallest absolute Gasteiger partial charge is 0.404 e. The van der Waals surface area contributed by atoms with Gasteiger partial charge in [0, 0.05) is 51.1 Å². The van der Waals surface area contributed by atoms with Gasteiger partial charge in [-0.05, 0) is 30.3 Å². The summed E-state index contributed by atoms with van der Waals surface area (Å²) in [6, 6.07) is 28.4. The Bertz CT molecular complexity index is 2130. The van der Waals surface area contributed by atoms with E-state index in [4.69, 9.17) is 9.47 Å². The minimum Gasteiger partial charge on any atom is -0.404 e.